The molecule has 0 spiro atoms. The van der Waals surface area contributed by atoms with Crippen molar-refractivity contribution in [3.8, 4) is 0 Å². The third-order valence-electron chi connectivity index (χ3n) is 7.31. The predicted molar refractivity (Wildman–Crippen MR) is 154 cm³/mol. The second kappa shape index (κ2) is 11.2. The Balaban J connectivity index is 1.83. The van der Waals surface area contributed by atoms with Crippen molar-refractivity contribution in [1.29, 1.82) is 0 Å². The lowest BCUT2D eigenvalue weighted by molar-refractivity contribution is -0.184. The van der Waals surface area contributed by atoms with Gasteiger partial charge in [0, 0.05) is 17.2 Å². The number of hydrogen-bond donors (Lipinski definition) is 1. The Morgan fingerprint density at radius 2 is 1.07 bits per heavy atom. The minimum Gasteiger partial charge on any atom is -0.443 e. The maximum absolute atomic E-state index is 13.4. The third-order valence-corrected chi connectivity index (χ3v) is 7.31. The van der Waals surface area contributed by atoms with Crippen LogP contribution in [0.25, 0.3) is 0 Å². The summed E-state index contributed by atoms with van der Waals surface area (Å²) in [6.45, 7) is 5.38. The van der Waals surface area contributed by atoms with E-state index in [1.165, 1.54) is 6.08 Å². The first-order chi connectivity index (χ1) is 19.3. The summed E-state index contributed by atoms with van der Waals surface area (Å²) in [5.74, 6) is -1.65. The molecular formula is C35H34O5. The van der Waals surface area contributed by atoms with E-state index in [2.05, 4.69) is 0 Å². The van der Waals surface area contributed by atoms with Gasteiger partial charge in [0.05, 0.1) is 0 Å². The molecule has 1 aliphatic rings. The van der Waals surface area contributed by atoms with Gasteiger partial charge in [-0.25, -0.2) is 4.79 Å². The van der Waals surface area contributed by atoms with E-state index in [9.17, 15) is 9.90 Å². The molecule has 0 amide bonds. The molecule has 1 N–H and O–H groups in total. The summed E-state index contributed by atoms with van der Waals surface area (Å²) in [6, 6.07) is 37.9. The summed E-state index contributed by atoms with van der Waals surface area (Å²) < 4.78 is 19.8. The summed E-state index contributed by atoms with van der Waals surface area (Å²) in [6.07, 6.45) is 1.07. The highest BCUT2D eigenvalue weighted by Crippen LogP contribution is 2.51. The number of rotatable bonds is 8. The molecule has 0 radical (unpaired) electrons. The highest BCUT2D eigenvalue weighted by atomic mass is 16.8. The summed E-state index contributed by atoms with van der Waals surface area (Å²) in [7, 11) is 0. The van der Waals surface area contributed by atoms with Crippen molar-refractivity contribution in [2.45, 2.75) is 50.0 Å². The molecule has 0 aliphatic carbocycles. The molecule has 0 saturated carbocycles. The van der Waals surface area contributed by atoms with E-state index >= 15 is 0 Å². The van der Waals surface area contributed by atoms with Crippen LogP contribution in [0.2, 0.25) is 0 Å². The first-order valence-electron chi connectivity index (χ1n) is 13.5. The van der Waals surface area contributed by atoms with E-state index in [0.29, 0.717) is 22.3 Å². The van der Waals surface area contributed by atoms with Crippen molar-refractivity contribution in [1.82, 2.24) is 0 Å². The van der Waals surface area contributed by atoms with Crippen LogP contribution >= 0.6 is 0 Å². The van der Waals surface area contributed by atoms with Crippen molar-refractivity contribution in [2.75, 3.05) is 0 Å². The van der Waals surface area contributed by atoms with Gasteiger partial charge in [-0.15, -0.1) is 0 Å². The molecule has 1 aliphatic heterocycles. The Hall–Kier alpha value is -4.03. The fourth-order valence-corrected chi connectivity index (χ4v) is 5.61. The molecule has 204 valence electrons. The Kier molecular flexibility index (Phi) is 7.72. The molecule has 1 fully saturated rings. The van der Waals surface area contributed by atoms with Crippen LogP contribution in [0, 0.1) is 0 Å². The number of esters is 1. The molecule has 4 aromatic rings. The van der Waals surface area contributed by atoms with Crippen LogP contribution in [0.1, 0.15) is 43.0 Å². The quantitative estimate of drug-likeness (QED) is 0.206. The predicted octanol–water partition coefficient (Wildman–Crippen LogP) is 6.51. The SMILES string of the molecule is C/C=C/C(=O)OC(c1ccccc1)(c1ccccc1)[C@@H]1OC(C)(C)O[C@H]1C(O)(c1ccccc1)c1ccccc1. The molecule has 4 aromatic carbocycles. The van der Waals surface area contributed by atoms with Crippen molar-refractivity contribution >= 4 is 5.97 Å². The van der Waals surface area contributed by atoms with Gasteiger partial charge in [0.2, 0.25) is 0 Å². The lowest BCUT2D eigenvalue weighted by Gasteiger charge is -2.44. The summed E-state index contributed by atoms with van der Waals surface area (Å²) in [5, 5.41) is 12.9. The molecule has 1 saturated heterocycles. The van der Waals surface area contributed by atoms with Crippen LogP contribution in [0.15, 0.2) is 133 Å². The van der Waals surface area contributed by atoms with E-state index in [-0.39, 0.29) is 0 Å². The van der Waals surface area contributed by atoms with Crippen LogP contribution in [0.4, 0.5) is 0 Å². The summed E-state index contributed by atoms with van der Waals surface area (Å²) >= 11 is 0. The van der Waals surface area contributed by atoms with Crippen LogP contribution in [-0.2, 0) is 30.2 Å². The number of hydrogen-bond acceptors (Lipinski definition) is 5. The van der Waals surface area contributed by atoms with Gasteiger partial charge in [0.25, 0.3) is 0 Å². The average Bonchev–Trinajstić information content (AvgIpc) is 3.33. The van der Waals surface area contributed by atoms with E-state index in [1.807, 2.05) is 135 Å². The van der Waals surface area contributed by atoms with Crippen LogP contribution in [0.5, 0.6) is 0 Å². The number of allylic oxidation sites excluding steroid dienone is 1. The molecule has 0 bridgehead atoms. The van der Waals surface area contributed by atoms with Gasteiger partial charge in [0.1, 0.15) is 17.8 Å². The highest BCUT2D eigenvalue weighted by Gasteiger charge is 2.63. The topological polar surface area (TPSA) is 65.0 Å². The van der Waals surface area contributed by atoms with Gasteiger partial charge < -0.3 is 19.3 Å². The van der Waals surface area contributed by atoms with E-state index in [1.54, 1.807) is 13.0 Å². The van der Waals surface area contributed by atoms with E-state index in [4.69, 9.17) is 14.2 Å². The zero-order chi connectivity index (χ0) is 28.2. The van der Waals surface area contributed by atoms with Gasteiger partial charge in [-0.2, -0.15) is 0 Å². The lowest BCUT2D eigenvalue weighted by Crippen LogP contribution is -2.56. The fraction of sp³-hybridized carbons (Fsp3) is 0.229. The minimum absolute atomic E-state index is 0.537. The Morgan fingerprint density at radius 3 is 1.48 bits per heavy atom. The molecule has 40 heavy (non-hydrogen) atoms. The normalized spacial score (nSPS) is 19.0. The molecule has 0 aromatic heterocycles. The molecule has 2 atom stereocenters. The Morgan fingerprint density at radius 1 is 0.700 bits per heavy atom. The van der Waals surface area contributed by atoms with Crippen molar-refractivity contribution in [2.24, 2.45) is 0 Å². The Labute approximate surface area is 235 Å². The maximum atomic E-state index is 13.4. The smallest absolute Gasteiger partial charge is 0.331 e. The third kappa shape index (κ3) is 5.00. The number of carbonyl (C=O) groups is 1. The number of ether oxygens (including phenoxy) is 3. The van der Waals surface area contributed by atoms with Crippen LogP contribution < -0.4 is 0 Å². The summed E-state index contributed by atoms with van der Waals surface area (Å²) in [5.41, 5.74) is -0.491. The Bertz CT molecular complexity index is 1350. The zero-order valence-corrected chi connectivity index (χ0v) is 22.9. The van der Waals surface area contributed by atoms with Gasteiger partial charge in [0.15, 0.2) is 11.4 Å². The molecule has 5 heteroatoms. The second-order valence-corrected chi connectivity index (χ2v) is 10.4. The highest BCUT2D eigenvalue weighted by molar-refractivity contribution is 5.82. The van der Waals surface area contributed by atoms with Gasteiger partial charge in [-0.3, -0.25) is 0 Å². The van der Waals surface area contributed by atoms with E-state index in [0.717, 1.165) is 0 Å². The van der Waals surface area contributed by atoms with Crippen molar-refractivity contribution < 1.29 is 24.1 Å². The fourth-order valence-electron chi connectivity index (χ4n) is 5.61. The van der Waals surface area contributed by atoms with Crippen molar-refractivity contribution in [3.05, 3.63) is 156 Å². The van der Waals surface area contributed by atoms with Gasteiger partial charge >= 0.3 is 5.97 Å². The molecule has 1 heterocycles. The lowest BCUT2D eigenvalue weighted by atomic mass is 9.72. The summed E-state index contributed by atoms with van der Waals surface area (Å²) in [4.78, 5) is 13.4. The van der Waals surface area contributed by atoms with E-state index < -0.39 is 35.2 Å². The average molecular weight is 535 g/mol. The number of benzene rings is 4. The maximum Gasteiger partial charge on any atom is 0.331 e. The van der Waals surface area contributed by atoms with Crippen LogP contribution in [0.3, 0.4) is 0 Å². The minimum atomic E-state index is -1.66. The second-order valence-electron chi connectivity index (χ2n) is 10.4. The van der Waals surface area contributed by atoms with Crippen LogP contribution in [-0.4, -0.2) is 29.1 Å². The molecule has 0 unspecified atom stereocenters. The molecule has 5 nitrogen and oxygen atoms in total. The van der Waals surface area contributed by atoms with Gasteiger partial charge in [-0.1, -0.05) is 127 Å². The largest absolute Gasteiger partial charge is 0.443 e. The first kappa shape index (κ1) is 27.5. The molecular weight excluding hydrogens is 500 g/mol. The van der Waals surface area contributed by atoms with Crippen molar-refractivity contribution in [3.63, 3.8) is 0 Å². The number of aliphatic hydroxyl groups is 1. The monoisotopic (exact) mass is 534 g/mol. The van der Waals surface area contributed by atoms with Gasteiger partial charge in [-0.05, 0) is 31.9 Å². The standard InChI is InChI=1S/C35H34O5/c1-4-17-30(36)38-35(28-22-13-7-14-23-28,29-24-15-8-16-25-29)32-31(39-33(2,3)40-32)34(37,26-18-9-5-10-19-26)27-20-11-6-12-21-27/h4-25,31-32,37H,1-3H3/b17-4+/t31-,32-/m1/s1. The molecule has 5 rings (SSSR count). The zero-order valence-electron chi connectivity index (χ0n) is 22.9. The number of carbonyl (C=O) groups excluding carboxylic acids is 1. The first-order valence-corrected chi connectivity index (χ1v) is 13.5.